The van der Waals surface area contributed by atoms with Crippen LogP contribution in [0, 0.1) is 0 Å². The molecular weight excluding hydrogens is 186 g/mol. The molecule has 0 unspecified atom stereocenters. The third-order valence-electron chi connectivity index (χ3n) is 1.54. The third-order valence-corrected chi connectivity index (χ3v) is 2.37. The van der Waals surface area contributed by atoms with Crippen molar-refractivity contribution in [1.82, 2.24) is 10.3 Å². The Bertz CT molecular complexity index is 258. The molecule has 1 aromatic heterocycles. The molecule has 0 saturated heterocycles. The number of nitrogens with zero attached hydrogens (tertiary/aromatic N) is 1. The number of carbonyl (C=O) groups excluding carboxylic acids is 1. The molecule has 1 rings (SSSR count). The van der Waals surface area contributed by atoms with Crippen molar-refractivity contribution in [2.45, 2.75) is 19.4 Å². The van der Waals surface area contributed by atoms with Gasteiger partial charge in [0.15, 0.2) is 0 Å². The van der Waals surface area contributed by atoms with Crippen LogP contribution in [0.2, 0.25) is 0 Å². The summed E-state index contributed by atoms with van der Waals surface area (Å²) in [7, 11) is 0. The minimum Gasteiger partial charge on any atom is -0.354 e. The summed E-state index contributed by atoms with van der Waals surface area (Å²) in [6.07, 6.45) is 2.53. The lowest BCUT2D eigenvalue weighted by molar-refractivity contribution is -0.121. The Morgan fingerprint density at radius 3 is 3.15 bits per heavy atom. The largest absolute Gasteiger partial charge is 0.354 e. The van der Waals surface area contributed by atoms with Gasteiger partial charge in [-0.3, -0.25) is 4.79 Å². The lowest BCUT2D eigenvalue weighted by atomic mass is 10.3. The SMILES string of the molecule is C[C@@H](N)C(=O)NCCc1nccs1. The number of nitrogens with two attached hydrogens (primary N) is 1. The fourth-order valence-corrected chi connectivity index (χ4v) is 1.45. The minimum absolute atomic E-state index is 0.114. The van der Waals surface area contributed by atoms with Crippen molar-refractivity contribution in [3.63, 3.8) is 0 Å². The van der Waals surface area contributed by atoms with Crippen LogP contribution < -0.4 is 11.1 Å². The maximum atomic E-state index is 11.0. The second-order valence-corrected chi connectivity index (χ2v) is 3.73. The Balaban J connectivity index is 2.18. The zero-order chi connectivity index (χ0) is 9.68. The maximum Gasteiger partial charge on any atom is 0.236 e. The number of aromatic nitrogens is 1. The zero-order valence-corrected chi connectivity index (χ0v) is 8.30. The lowest BCUT2D eigenvalue weighted by Crippen LogP contribution is -2.39. The summed E-state index contributed by atoms with van der Waals surface area (Å²) in [5.41, 5.74) is 5.37. The Morgan fingerprint density at radius 2 is 2.62 bits per heavy atom. The molecule has 72 valence electrons. The van der Waals surface area contributed by atoms with Crippen LogP contribution >= 0.6 is 11.3 Å². The van der Waals surface area contributed by atoms with Crippen LogP contribution in [-0.2, 0) is 11.2 Å². The number of amides is 1. The van der Waals surface area contributed by atoms with E-state index in [0.717, 1.165) is 11.4 Å². The van der Waals surface area contributed by atoms with E-state index in [1.54, 1.807) is 24.5 Å². The standard InChI is InChI=1S/C8H13N3OS/c1-6(9)8(12)11-3-2-7-10-4-5-13-7/h4-6H,2-3,9H2,1H3,(H,11,12)/t6-/m1/s1. The molecule has 0 bridgehead atoms. The van der Waals surface area contributed by atoms with Crippen molar-refractivity contribution < 1.29 is 4.79 Å². The molecule has 0 spiro atoms. The molecule has 1 heterocycles. The highest BCUT2D eigenvalue weighted by Gasteiger charge is 2.05. The fourth-order valence-electron chi connectivity index (χ4n) is 0.830. The van der Waals surface area contributed by atoms with Gasteiger partial charge in [0.25, 0.3) is 0 Å². The normalized spacial score (nSPS) is 12.5. The summed E-state index contributed by atoms with van der Waals surface area (Å²) in [5, 5.41) is 5.67. The van der Waals surface area contributed by atoms with Gasteiger partial charge in [-0.15, -0.1) is 11.3 Å². The Hall–Kier alpha value is -0.940. The van der Waals surface area contributed by atoms with Gasteiger partial charge in [0.05, 0.1) is 11.0 Å². The van der Waals surface area contributed by atoms with Gasteiger partial charge in [0, 0.05) is 24.5 Å². The summed E-state index contributed by atoms with van der Waals surface area (Å²) < 4.78 is 0. The second kappa shape index (κ2) is 4.94. The summed E-state index contributed by atoms with van der Waals surface area (Å²) in [6, 6.07) is -0.434. The minimum atomic E-state index is -0.434. The Morgan fingerprint density at radius 1 is 1.85 bits per heavy atom. The van der Waals surface area contributed by atoms with Gasteiger partial charge in [0.2, 0.25) is 5.91 Å². The van der Waals surface area contributed by atoms with Crippen LogP contribution in [0.1, 0.15) is 11.9 Å². The van der Waals surface area contributed by atoms with E-state index < -0.39 is 6.04 Å². The van der Waals surface area contributed by atoms with Gasteiger partial charge in [0.1, 0.15) is 0 Å². The van der Waals surface area contributed by atoms with Gasteiger partial charge in [-0.1, -0.05) is 0 Å². The summed E-state index contributed by atoms with van der Waals surface area (Å²) in [6.45, 7) is 2.27. The summed E-state index contributed by atoms with van der Waals surface area (Å²) >= 11 is 1.59. The highest BCUT2D eigenvalue weighted by atomic mass is 32.1. The Kier molecular flexibility index (Phi) is 3.85. The third kappa shape index (κ3) is 3.52. The molecule has 0 aliphatic heterocycles. The van der Waals surface area contributed by atoms with Crippen LogP contribution in [0.4, 0.5) is 0 Å². The van der Waals surface area contributed by atoms with Crippen LogP contribution in [0.25, 0.3) is 0 Å². The smallest absolute Gasteiger partial charge is 0.236 e. The van der Waals surface area contributed by atoms with E-state index in [4.69, 9.17) is 5.73 Å². The number of rotatable bonds is 4. The predicted octanol–water partition coefficient (Wildman–Crippen LogP) is 0.149. The van der Waals surface area contributed by atoms with Crippen molar-refractivity contribution in [3.05, 3.63) is 16.6 Å². The van der Waals surface area contributed by atoms with E-state index in [1.165, 1.54) is 0 Å². The first-order valence-corrected chi connectivity index (χ1v) is 5.00. The molecule has 0 radical (unpaired) electrons. The number of nitrogens with one attached hydrogen (secondary N) is 1. The van der Waals surface area contributed by atoms with Crippen LogP contribution in [-0.4, -0.2) is 23.5 Å². The monoisotopic (exact) mass is 199 g/mol. The quantitative estimate of drug-likeness (QED) is 0.725. The van der Waals surface area contributed by atoms with Gasteiger partial charge in [-0.05, 0) is 6.92 Å². The number of hydrogen-bond donors (Lipinski definition) is 2. The summed E-state index contributed by atoms with van der Waals surface area (Å²) in [5.74, 6) is -0.114. The fraction of sp³-hybridized carbons (Fsp3) is 0.500. The number of carbonyl (C=O) groups is 1. The first-order chi connectivity index (χ1) is 6.20. The van der Waals surface area contributed by atoms with Crippen molar-refractivity contribution in [2.75, 3.05) is 6.54 Å². The molecule has 0 aliphatic carbocycles. The number of hydrogen-bond acceptors (Lipinski definition) is 4. The topological polar surface area (TPSA) is 68.0 Å². The molecule has 1 atom stereocenters. The molecule has 0 aliphatic rings. The van der Waals surface area contributed by atoms with Crippen molar-refractivity contribution in [3.8, 4) is 0 Å². The molecule has 1 aromatic rings. The lowest BCUT2D eigenvalue weighted by Gasteiger charge is -2.05. The predicted molar refractivity (Wildman–Crippen MR) is 52.5 cm³/mol. The van der Waals surface area contributed by atoms with Gasteiger partial charge in [-0.25, -0.2) is 4.98 Å². The van der Waals surface area contributed by atoms with E-state index in [9.17, 15) is 4.79 Å². The van der Waals surface area contributed by atoms with E-state index in [1.807, 2.05) is 5.38 Å². The van der Waals surface area contributed by atoms with Crippen LogP contribution in [0.5, 0.6) is 0 Å². The highest BCUT2D eigenvalue weighted by Crippen LogP contribution is 2.03. The maximum absolute atomic E-state index is 11.0. The second-order valence-electron chi connectivity index (χ2n) is 2.76. The average Bonchev–Trinajstić information content (AvgIpc) is 2.56. The van der Waals surface area contributed by atoms with Gasteiger partial charge >= 0.3 is 0 Å². The summed E-state index contributed by atoms with van der Waals surface area (Å²) in [4.78, 5) is 15.1. The average molecular weight is 199 g/mol. The molecule has 0 saturated carbocycles. The molecule has 4 nitrogen and oxygen atoms in total. The first-order valence-electron chi connectivity index (χ1n) is 4.12. The van der Waals surface area contributed by atoms with Crippen molar-refractivity contribution in [1.29, 1.82) is 0 Å². The van der Waals surface area contributed by atoms with Crippen LogP contribution in [0.3, 0.4) is 0 Å². The molecule has 13 heavy (non-hydrogen) atoms. The molecule has 5 heteroatoms. The molecular formula is C8H13N3OS. The van der Waals surface area contributed by atoms with Crippen molar-refractivity contribution in [2.24, 2.45) is 5.73 Å². The Labute approximate surface area is 81.2 Å². The van der Waals surface area contributed by atoms with Crippen molar-refractivity contribution >= 4 is 17.2 Å². The highest BCUT2D eigenvalue weighted by molar-refractivity contribution is 7.09. The molecule has 3 N–H and O–H groups in total. The molecule has 1 amide bonds. The zero-order valence-electron chi connectivity index (χ0n) is 7.49. The first kappa shape index (κ1) is 10.1. The van der Waals surface area contributed by atoms with E-state index in [0.29, 0.717) is 6.54 Å². The van der Waals surface area contributed by atoms with Crippen LogP contribution in [0.15, 0.2) is 11.6 Å². The van der Waals surface area contributed by atoms with E-state index in [-0.39, 0.29) is 5.91 Å². The molecule has 0 fully saturated rings. The molecule has 0 aromatic carbocycles. The number of thiazole rings is 1. The van der Waals surface area contributed by atoms with E-state index in [2.05, 4.69) is 10.3 Å². The van der Waals surface area contributed by atoms with Gasteiger partial charge < -0.3 is 11.1 Å². The van der Waals surface area contributed by atoms with E-state index >= 15 is 0 Å². The van der Waals surface area contributed by atoms with Gasteiger partial charge in [-0.2, -0.15) is 0 Å².